The molecule has 0 bridgehead atoms. The van der Waals surface area contributed by atoms with E-state index in [2.05, 4.69) is 37.1 Å². The number of amides is 1. The van der Waals surface area contributed by atoms with Gasteiger partial charge in [0.15, 0.2) is 0 Å². The van der Waals surface area contributed by atoms with E-state index in [0.717, 1.165) is 28.1 Å². The Hall–Kier alpha value is -2.67. The number of halogens is 2. The molecule has 1 N–H and O–H groups in total. The first-order valence-electron chi connectivity index (χ1n) is 12.3. The number of rotatable bonds is 11. The fourth-order valence-electron chi connectivity index (χ4n) is 3.77. The summed E-state index contributed by atoms with van der Waals surface area (Å²) in [5.74, 6) is -0.178. The van der Waals surface area contributed by atoms with Crippen molar-refractivity contribution < 1.29 is 13.9 Å². The first-order chi connectivity index (χ1) is 17.6. The van der Waals surface area contributed by atoms with Crippen molar-refractivity contribution in [3.8, 4) is 0 Å². The fraction of sp³-hybridized carbons (Fsp3) is 0.333. The molecule has 3 rings (SSSR count). The summed E-state index contributed by atoms with van der Waals surface area (Å²) >= 11 is 8.16. The van der Waals surface area contributed by atoms with Crippen molar-refractivity contribution in [2.75, 3.05) is 11.9 Å². The van der Waals surface area contributed by atoms with E-state index in [9.17, 15) is 9.18 Å². The molecule has 0 spiro atoms. The van der Waals surface area contributed by atoms with Crippen molar-refractivity contribution in [3.05, 3.63) is 99.6 Å². The molecule has 7 heteroatoms. The molecule has 0 aliphatic rings. The molecular formula is C30H34ClFN2O2S. The van der Waals surface area contributed by atoms with Crippen LogP contribution in [-0.2, 0) is 11.3 Å². The molecule has 1 aromatic heterocycles. The number of thioether (sulfide) groups is 1. The number of aryl methyl sites for hydroxylation is 1. The fourth-order valence-corrected chi connectivity index (χ4v) is 5.50. The third-order valence-electron chi connectivity index (χ3n) is 5.81. The zero-order valence-electron chi connectivity index (χ0n) is 22.0. The van der Waals surface area contributed by atoms with E-state index >= 15 is 0 Å². The van der Waals surface area contributed by atoms with Crippen LogP contribution in [0.2, 0.25) is 5.02 Å². The smallest absolute Gasteiger partial charge is 0.255 e. The Kier molecular flexibility index (Phi) is 10.7. The van der Waals surface area contributed by atoms with E-state index in [-0.39, 0.29) is 17.0 Å². The van der Waals surface area contributed by atoms with Crippen LogP contribution in [0.5, 0.6) is 0 Å². The summed E-state index contributed by atoms with van der Waals surface area (Å²) in [4.78, 5) is 18.1. The Morgan fingerprint density at radius 1 is 1.19 bits per heavy atom. The van der Waals surface area contributed by atoms with Gasteiger partial charge in [-0.25, -0.2) is 4.39 Å². The Morgan fingerprint density at radius 2 is 1.97 bits per heavy atom. The van der Waals surface area contributed by atoms with Gasteiger partial charge in [0.05, 0.1) is 23.9 Å². The molecule has 0 fully saturated rings. The summed E-state index contributed by atoms with van der Waals surface area (Å²) in [6, 6.07) is 14.1. The van der Waals surface area contributed by atoms with Gasteiger partial charge in [-0.1, -0.05) is 43.2 Å². The van der Waals surface area contributed by atoms with Gasteiger partial charge in [-0.3, -0.25) is 9.78 Å². The van der Waals surface area contributed by atoms with Crippen LogP contribution in [0.1, 0.15) is 54.4 Å². The van der Waals surface area contributed by atoms with Crippen molar-refractivity contribution >= 4 is 35.0 Å². The predicted molar refractivity (Wildman–Crippen MR) is 152 cm³/mol. The van der Waals surface area contributed by atoms with Crippen LogP contribution in [0, 0.1) is 25.6 Å². The van der Waals surface area contributed by atoms with E-state index in [1.165, 1.54) is 6.07 Å². The number of benzene rings is 2. The van der Waals surface area contributed by atoms with Gasteiger partial charge >= 0.3 is 0 Å². The van der Waals surface area contributed by atoms with Gasteiger partial charge < -0.3 is 10.1 Å². The van der Waals surface area contributed by atoms with Crippen LogP contribution in [0.15, 0.2) is 71.3 Å². The molecule has 0 aliphatic heterocycles. The zero-order valence-corrected chi connectivity index (χ0v) is 23.5. The normalized spacial score (nSPS) is 12.6. The lowest BCUT2D eigenvalue weighted by Crippen LogP contribution is -2.13. The third kappa shape index (κ3) is 8.99. The maximum absolute atomic E-state index is 14.1. The number of hydrogen-bond acceptors (Lipinski definition) is 4. The number of nitrogens with zero attached hydrogens (tertiary/aromatic N) is 1. The monoisotopic (exact) mass is 540 g/mol. The van der Waals surface area contributed by atoms with Gasteiger partial charge in [-0.2, -0.15) is 0 Å². The van der Waals surface area contributed by atoms with Crippen molar-refractivity contribution in [1.82, 2.24) is 4.98 Å². The Balaban J connectivity index is 1.71. The number of aromatic nitrogens is 1. The average Bonchev–Trinajstić information content (AvgIpc) is 2.84. The molecule has 2 aromatic carbocycles. The quantitative estimate of drug-likeness (QED) is 0.196. The predicted octanol–water partition coefficient (Wildman–Crippen LogP) is 8.41. The van der Waals surface area contributed by atoms with Crippen LogP contribution in [-0.4, -0.2) is 22.7 Å². The molecule has 196 valence electrons. The van der Waals surface area contributed by atoms with E-state index in [4.69, 9.17) is 16.3 Å². The van der Waals surface area contributed by atoms with Crippen molar-refractivity contribution in [2.45, 2.75) is 57.8 Å². The third-order valence-corrected chi connectivity index (χ3v) is 7.48. The lowest BCUT2D eigenvalue weighted by atomic mass is 10.1. The second kappa shape index (κ2) is 13.8. The van der Waals surface area contributed by atoms with Gasteiger partial charge in [0.1, 0.15) is 5.82 Å². The molecule has 1 amide bonds. The lowest BCUT2D eigenvalue weighted by Gasteiger charge is -2.18. The molecule has 0 saturated heterocycles. The van der Waals surface area contributed by atoms with Gasteiger partial charge in [0.2, 0.25) is 0 Å². The minimum Gasteiger partial charge on any atom is -0.371 e. The summed E-state index contributed by atoms with van der Waals surface area (Å²) in [7, 11) is 0. The van der Waals surface area contributed by atoms with Crippen molar-refractivity contribution in [2.24, 2.45) is 5.92 Å². The van der Waals surface area contributed by atoms with Crippen LogP contribution < -0.4 is 5.32 Å². The van der Waals surface area contributed by atoms with Crippen molar-refractivity contribution in [3.63, 3.8) is 0 Å². The second-order valence-corrected chi connectivity index (χ2v) is 11.3. The highest BCUT2D eigenvalue weighted by atomic mass is 35.5. The van der Waals surface area contributed by atoms with Gasteiger partial charge in [0, 0.05) is 27.6 Å². The topological polar surface area (TPSA) is 51.2 Å². The second-order valence-electron chi connectivity index (χ2n) is 9.61. The minimum atomic E-state index is -0.342. The van der Waals surface area contributed by atoms with E-state index in [0.29, 0.717) is 41.0 Å². The number of nitrogens with one attached hydrogen (secondary N) is 1. The molecule has 0 saturated carbocycles. The summed E-state index contributed by atoms with van der Waals surface area (Å²) < 4.78 is 20.0. The summed E-state index contributed by atoms with van der Waals surface area (Å²) in [6.07, 6.45) is 4.91. The Morgan fingerprint density at radius 3 is 2.65 bits per heavy atom. The van der Waals surface area contributed by atoms with Crippen LogP contribution >= 0.6 is 23.4 Å². The minimum absolute atomic E-state index is 0.156. The number of pyridine rings is 1. The zero-order chi connectivity index (χ0) is 26.9. The van der Waals surface area contributed by atoms with Crippen molar-refractivity contribution in [1.29, 1.82) is 0 Å². The summed E-state index contributed by atoms with van der Waals surface area (Å²) in [6.45, 7) is 10.9. The van der Waals surface area contributed by atoms with E-state index < -0.39 is 0 Å². The molecule has 4 nitrogen and oxygen atoms in total. The van der Waals surface area contributed by atoms with E-state index in [1.54, 1.807) is 49.1 Å². The molecule has 0 radical (unpaired) electrons. The molecule has 37 heavy (non-hydrogen) atoms. The van der Waals surface area contributed by atoms with Gasteiger partial charge in [-0.05, 0) is 86.7 Å². The summed E-state index contributed by atoms with van der Waals surface area (Å²) in [5, 5.41) is 3.55. The number of carbonyl (C=O) groups is 1. The average molecular weight is 541 g/mol. The highest BCUT2D eigenvalue weighted by molar-refractivity contribution is 8.00. The van der Waals surface area contributed by atoms with E-state index in [1.807, 2.05) is 25.1 Å². The lowest BCUT2D eigenvalue weighted by molar-refractivity contribution is 0.102. The number of hydrogen-bond donors (Lipinski definition) is 1. The first-order valence-corrected chi connectivity index (χ1v) is 13.6. The molecule has 0 aliphatic carbocycles. The Bertz CT molecular complexity index is 1220. The van der Waals surface area contributed by atoms with Crippen LogP contribution in [0.4, 0.5) is 10.1 Å². The first kappa shape index (κ1) is 28.9. The molecule has 1 unspecified atom stereocenters. The molecule has 1 atom stereocenters. The highest BCUT2D eigenvalue weighted by Crippen LogP contribution is 2.35. The molecule has 3 aromatic rings. The number of carbonyl (C=O) groups excluding carboxylic acids is 1. The molecular weight excluding hydrogens is 507 g/mol. The standard InChI is InChI=1S/C30H34ClFN2O2S/c1-19(2)12-26(13-20(3)17-36-18-24-8-6-7-11-33-24)37-29-15-23(9-10-27(29)31)30(35)34-25-14-21(4)22(5)28(32)16-25/h6-11,13-16,19,26H,12,17-18H2,1-5H3,(H,34,35)/b20-13-. The largest absolute Gasteiger partial charge is 0.371 e. The Labute approximate surface area is 228 Å². The van der Waals surface area contributed by atoms with Crippen LogP contribution in [0.25, 0.3) is 0 Å². The van der Waals surface area contributed by atoms with Gasteiger partial charge in [-0.15, -0.1) is 11.8 Å². The number of anilines is 1. The number of ether oxygens (including phenoxy) is 1. The highest BCUT2D eigenvalue weighted by Gasteiger charge is 2.16. The SMILES string of the molecule is C/C(=C/C(CC(C)C)Sc1cc(C(=O)Nc2cc(C)c(C)c(F)c2)ccc1Cl)COCc1ccccn1. The van der Waals surface area contributed by atoms with Gasteiger partial charge in [0.25, 0.3) is 5.91 Å². The summed E-state index contributed by atoms with van der Waals surface area (Å²) in [5.41, 5.74) is 4.27. The van der Waals surface area contributed by atoms with Crippen LogP contribution in [0.3, 0.4) is 0 Å². The maximum Gasteiger partial charge on any atom is 0.255 e. The molecule has 1 heterocycles. The maximum atomic E-state index is 14.1.